The second-order valence-electron chi connectivity index (χ2n) is 2.94. The zero-order chi connectivity index (χ0) is 9.97. The molecule has 0 saturated carbocycles. The fourth-order valence-corrected chi connectivity index (χ4v) is 1.42. The van der Waals surface area contributed by atoms with Crippen LogP contribution < -0.4 is 4.74 Å². The first-order valence-corrected chi connectivity index (χ1v) is 4.22. The van der Waals surface area contributed by atoms with Crippen molar-refractivity contribution in [3.05, 3.63) is 36.2 Å². The molecule has 3 heteroatoms. The van der Waals surface area contributed by atoms with Gasteiger partial charge in [0.15, 0.2) is 0 Å². The first kappa shape index (κ1) is 8.69. The molecule has 0 amide bonds. The summed E-state index contributed by atoms with van der Waals surface area (Å²) in [6.45, 7) is 0. The van der Waals surface area contributed by atoms with Crippen molar-refractivity contribution in [2.24, 2.45) is 0 Å². The number of aromatic nitrogens is 1. The number of ether oxygens (including phenoxy) is 1. The highest BCUT2D eigenvalue weighted by atomic mass is 16.5. The molecule has 0 aliphatic rings. The Morgan fingerprint density at radius 1 is 1.43 bits per heavy atom. The highest BCUT2D eigenvalue weighted by molar-refractivity contribution is 5.93. The number of rotatable bonds is 2. The van der Waals surface area contributed by atoms with E-state index in [1.54, 1.807) is 25.6 Å². The Morgan fingerprint density at radius 3 is 3.00 bits per heavy atom. The molecule has 1 aromatic carbocycles. The van der Waals surface area contributed by atoms with Crippen LogP contribution in [0.5, 0.6) is 5.75 Å². The van der Waals surface area contributed by atoms with Crippen LogP contribution in [0, 0.1) is 0 Å². The Morgan fingerprint density at radius 2 is 2.29 bits per heavy atom. The van der Waals surface area contributed by atoms with Crippen LogP contribution in [0.25, 0.3) is 10.8 Å². The lowest BCUT2D eigenvalue weighted by molar-refractivity contribution is 0.112. The van der Waals surface area contributed by atoms with Crippen LogP contribution in [0.3, 0.4) is 0 Å². The molecule has 0 bridgehead atoms. The minimum atomic E-state index is 0.612. The zero-order valence-corrected chi connectivity index (χ0v) is 7.73. The average molecular weight is 187 g/mol. The summed E-state index contributed by atoms with van der Waals surface area (Å²) in [5.74, 6) is 0.678. The van der Waals surface area contributed by atoms with Gasteiger partial charge in [-0.2, -0.15) is 0 Å². The fourth-order valence-electron chi connectivity index (χ4n) is 1.42. The maximum Gasteiger partial charge on any atom is 0.150 e. The van der Waals surface area contributed by atoms with Gasteiger partial charge >= 0.3 is 0 Å². The van der Waals surface area contributed by atoms with E-state index in [2.05, 4.69) is 4.98 Å². The molecule has 2 aromatic rings. The molecule has 0 atom stereocenters. The quantitative estimate of drug-likeness (QED) is 0.675. The van der Waals surface area contributed by atoms with Crippen molar-refractivity contribution in [3.8, 4) is 5.75 Å². The van der Waals surface area contributed by atoms with Crippen molar-refractivity contribution < 1.29 is 9.53 Å². The predicted octanol–water partition coefficient (Wildman–Crippen LogP) is 2.06. The maximum absolute atomic E-state index is 10.6. The van der Waals surface area contributed by atoms with Crippen LogP contribution in [0.15, 0.2) is 30.6 Å². The highest BCUT2D eigenvalue weighted by Crippen LogP contribution is 2.25. The van der Waals surface area contributed by atoms with Crippen molar-refractivity contribution in [2.45, 2.75) is 0 Å². The van der Waals surface area contributed by atoms with Crippen molar-refractivity contribution in [1.82, 2.24) is 4.98 Å². The van der Waals surface area contributed by atoms with Gasteiger partial charge in [-0.25, -0.2) is 0 Å². The van der Waals surface area contributed by atoms with E-state index in [0.29, 0.717) is 11.3 Å². The molecule has 0 radical (unpaired) electrons. The number of nitrogens with zero attached hydrogens (tertiary/aromatic N) is 1. The molecule has 70 valence electrons. The molecule has 0 saturated heterocycles. The van der Waals surface area contributed by atoms with Gasteiger partial charge in [0.1, 0.15) is 12.0 Å². The summed E-state index contributed by atoms with van der Waals surface area (Å²) in [5.41, 5.74) is 0.612. The molecule has 2 rings (SSSR count). The number of benzene rings is 1. The lowest BCUT2D eigenvalue weighted by Gasteiger charge is -2.05. The third-order valence-corrected chi connectivity index (χ3v) is 2.10. The van der Waals surface area contributed by atoms with Crippen LogP contribution >= 0.6 is 0 Å². The number of pyridine rings is 1. The normalized spacial score (nSPS) is 10.1. The molecule has 3 nitrogen and oxygen atoms in total. The Bertz CT molecular complexity index is 480. The van der Waals surface area contributed by atoms with Crippen LogP contribution in [0.4, 0.5) is 0 Å². The van der Waals surface area contributed by atoms with E-state index < -0.39 is 0 Å². The minimum Gasteiger partial charge on any atom is -0.496 e. The Hall–Kier alpha value is -1.90. The van der Waals surface area contributed by atoms with E-state index >= 15 is 0 Å². The van der Waals surface area contributed by atoms with Gasteiger partial charge in [-0.3, -0.25) is 9.78 Å². The lowest BCUT2D eigenvalue weighted by atomic mass is 10.1. The number of methoxy groups -OCH3 is 1. The number of fused-ring (bicyclic) bond motifs is 1. The Balaban J connectivity index is 2.79. The van der Waals surface area contributed by atoms with Crippen molar-refractivity contribution in [2.75, 3.05) is 7.11 Å². The first-order valence-electron chi connectivity index (χ1n) is 4.22. The topological polar surface area (TPSA) is 39.2 Å². The van der Waals surface area contributed by atoms with Gasteiger partial charge in [-0.1, -0.05) is 0 Å². The lowest BCUT2D eigenvalue weighted by Crippen LogP contribution is -1.89. The van der Waals surface area contributed by atoms with Crippen molar-refractivity contribution >= 4 is 17.1 Å². The van der Waals surface area contributed by atoms with E-state index in [-0.39, 0.29) is 0 Å². The SMILES string of the molecule is COc1cc(C=O)cc2ccncc12. The molecule has 1 heterocycles. The van der Waals surface area contributed by atoms with Gasteiger partial charge in [-0.15, -0.1) is 0 Å². The van der Waals surface area contributed by atoms with Crippen LogP contribution in [-0.4, -0.2) is 18.4 Å². The van der Waals surface area contributed by atoms with Crippen LogP contribution in [0.1, 0.15) is 10.4 Å². The fraction of sp³-hybridized carbons (Fsp3) is 0.0909. The van der Waals surface area contributed by atoms with E-state index in [1.807, 2.05) is 12.1 Å². The number of aldehydes is 1. The standard InChI is InChI=1S/C11H9NO2/c1-14-11-5-8(7-13)4-9-2-3-12-6-10(9)11/h2-7H,1H3. The Kier molecular flexibility index (Phi) is 2.14. The molecular formula is C11H9NO2. The summed E-state index contributed by atoms with van der Waals surface area (Å²) in [6, 6.07) is 5.37. The largest absolute Gasteiger partial charge is 0.496 e. The predicted molar refractivity (Wildman–Crippen MR) is 53.7 cm³/mol. The van der Waals surface area contributed by atoms with Gasteiger partial charge in [0.05, 0.1) is 7.11 Å². The number of hydrogen-bond donors (Lipinski definition) is 0. The molecule has 1 aromatic heterocycles. The van der Waals surface area contributed by atoms with Crippen LogP contribution in [-0.2, 0) is 0 Å². The summed E-state index contributed by atoms with van der Waals surface area (Å²) in [4.78, 5) is 14.7. The second kappa shape index (κ2) is 3.46. The first-order chi connectivity index (χ1) is 6.85. The van der Waals surface area contributed by atoms with E-state index in [4.69, 9.17) is 4.74 Å². The second-order valence-corrected chi connectivity index (χ2v) is 2.94. The molecule has 0 aliphatic carbocycles. The van der Waals surface area contributed by atoms with E-state index in [1.165, 1.54) is 0 Å². The highest BCUT2D eigenvalue weighted by Gasteiger charge is 2.03. The summed E-state index contributed by atoms with van der Waals surface area (Å²) >= 11 is 0. The summed E-state index contributed by atoms with van der Waals surface area (Å²) < 4.78 is 5.17. The molecule has 0 spiro atoms. The number of hydrogen-bond acceptors (Lipinski definition) is 3. The molecule has 0 aliphatic heterocycles. The van der Waals surface area contributed by atoms with E-state index in [9.17, 15) is 4.79 Å². The summed E-state index contributed by atoms with van der Waals surface area (Å²) in [5, 5.41) is 1.88. The molecule has 0 unspecified atom stereocenters. The van der Waals surface area contributed by atoms with Crippen molar-refractivity contribution in [3.63, 3.8) is 0 Å². The molecule has 0 N–H and O–H groups in total. The van der Waals surface area contributed by atoms with Crippen molar-refractivity contribution in [1.29, 1.82) is 0 Å². The molecule has 0 fully saturated rings. The van der Waals surface area contributed by atoms with Gasteiger partial charge in [0, 0.05) is 23.3 Å². The third-order valence-electron chi connectivity index (χ3n) is 2.10. The zero-order valence-electron chi connectivity index (χ0n) is 7.73. The average Bonchev–Trinajstić information content (AvgIpc) is 2.27. The minimum absolute atomic E-state index is 0.612. The summed E-state index contributed by atoms with van der Waals surface area (Å²) in [7, 11) is 1.58. The third kappa shape index (κ3) is 1.33. The monoisotopic (exact) mass is 187 g/mol. The van der Waals surface area contributed by atoms with Gasteiger partial charge < -0.3 is 4.74 Å². The van der Waals surface area contributed by atoms with Gasteiger partial charge in [0.2, 0.25) is 0 Å². The van der Waals surface area contributed by atoms with Crippen LogP contribution in [0.2, 0.25) is 0 Å². The van der Waals surface area contributed by atoms with Gasteiger partial charge in [-0.05, 0) is 23.6 Å². The Labute approximate surface area is 81.3 Å². The number of carbonyl (C=O) groups excluding carboxylic acids is 1. The summed E-state index contributed by atoms with van der Waals surface area (Å²) in [6.07, 6.45) is 4.22. The van der Waals surface area contributed by atoms with E-state index in [0.717, 1.165) is 17.1 Å². The number of carbonyl (C=O) groups is 1. The molecular weight excluding hydrogens is 178 g/mol. The maximum atomic E-state index is 10.6. The smallest absolute Gasteiger partial charge is 0.150 e. The van der Waals surface area contributed by atoms with Gasteiger partial charge in [0.25, 0.3) is 0 Å². The molecule has 14 heavy (non-hydrogen) atoms.